The van der Waals surface area contributed by atoms with E-state index in [0.29, 0.717) is 11.0 Å². The van der Waals surface area contributed by atoms with Crippen molar-refractivity contribution in [1.82, 2.24) is 0 Å². The third kappa shape index (κ3) is 0.780. The quantitative estimate of drug-likeness (QED) is 0.657. The average molecular weight is 163 g/mol. The van der Waals surface area contributed by atoms with Gasteiger partial charge in [0.1, 0.15) is 5.58 Å². The molecule has 0 amide bonds. The summed E-state index contributed by atoms with van der Waals surface area (Å²) in [5, 5.41) is 12.5. The molecule has 1 N–H and O–H groups in total. The number of fused-ring (bicyclic) bond motifs is 1. The van der Waals surface area contributed by atoms with Crippen molar-refractivity contribution in [3.63, 3.8) is 0 Å². The van der Waals surface area contributed by atoms with Crippen LogP contribution >= 0.6 is 0 Å². The van der Waals surface area contributed by atoms with Crippen LogP contribution in [0.4, 0.5) is 5.69 Å². The first-order chi connectivity index (χ1) is 5.83. The van der Waals surface area contributed by atoms with Gasteiger partial charge in [-0.15, -0.1) is 4.91 Å². The molecule has 1 heterocycles. The first kappa shape index (κ1) is 6.84. The molecule has 0 radical (unpaired) electrons. The molecule has 0 unspecified atom stereocenters. The Labute approximate surface area is 67.4 Å². The second kappa shape index (κ2) is 2.34. The Bertz CT molecular complexity index is 433. The van der Waals surface area contributed by atoms with Crippen LogP contribution in [0.2, 0.25) is 0 Å². The molecule has 0 atom stereocenters. The van der Waals surface area contributed by atoms with Crippen LogP contribution in [0.5, 0.6) is 5.75 Å². The van der Waals surface area contributed by atoms with Gasteiger partial charge < -0.3 is 9.52 Å². The standard InChI is InChI=1S/C8H5NO3/c10-8-5-3-4-12-7(5)2-1-6(8)9-11/h1-4,10H. The molecule has 4 heteroatoms. The number of rotatable bonds is 1. The molecule has 4 nitrogen and oxygen atoms in total. The highest BCUT2D eigenvalue weighted by molar-refractivity contribution is 5.88. The number of hydrogen-bond acceptors (Lipinski definition) is 4. The molecule has 1 aromatic heterocycles. The largest absolute Gasteiger partial charge is 0.505 e. The lowest BCUT2D eigenvalue weighted by Crippen LogP contribution is -1.68. The van der Waals surface area contributed by atoms with Gasteiger partial charge in [0.25, 0.3) is 0 Å². The third-order valence-electron chi connectivity index (χ3n) is 1.68. The molecule has 1 aromatic carbocycles. The van der Waals surface area contributed by atoms with E-state index in [4.69, 9.17) is 4.42 Å². The lowest BCUT2D eigenvalue weighted by Gasteiger charge is -1.94. The maximum absolute atomic E-state index is 10.2. The topological polar surface area (TPSA) is 62.8 Å². The molecule has 0 saturated carbocycles. The Morgan fingerprint density at radius 3 is 2.92 bits per heavy atom. The summed E-state index contributed by atoms with van der Waals surface area (Å²) < 4.78 is 4.99. The van der Waals surface area contributed by atoms with E-state index >= 15 is 0 Å². The maximum Gasteiger partial charge on any atom is 0.155 e. The van der Waals surface area contributed by atoms with Gasteiger partial charge in [-0.1, -0.05) is 0 Å². The number of aromatic hydroxyl groups is 1. The second-order valence-electron chi connectivity index (χ2n) is 2.36. The molecule has 2 rings (SSSR count). The number of phenols is 1. The SMILES string of the molecule is O=Nc1ccc2occc2c1O. The predicted molar refractivity (Wildman–Crippen MR) is 43.3 cm³/mol. The minimum absolute atomic E-state index is 0.0314. The fourth-order valence-corrected chi connectivity index (χ4v) is 1.09. The molecule has 0 aliphatic rings. The van der Waals surface area contributed by atoms with Gasteiger partial charge in [0.15, 0.2) is 11.4 Å². The molecule has 0 saturated heterocycles. The van der Waals surface area contributed by atoms with Crippen molar-refractivity contribution in [3.05, 3.63) is 29.4 Å². The van der Waals surface area contributed by atoms with Gasteiger partial charge >= 0.3 is 0 Å². The fraction of sp³-hybridized carbons (Fsp3) is 0. The van der Waals surface area contributed by atoms with Gasteiger partial charge in [-0.2, -0.15) is 0 Å². The Morgan fingerprint density at radius 2 is 2.17 bits per heavy atom. The number of nitrogens with zero attached hydrogens (tertiary/aromatic N) is 1. The maximum atomic E-state index is 10.2. The molecule has 0 aliphatic carbocycles. The highest BCUT2D eigenvalue weighted by Crippen LogP contribution is 2.34. The normalized spacial score (nSPS) is 10.3. The summed E-state index contributed by atoms with van der Waals surface area (Å²) in [5.74, 6) is -0.128. The summed E-state index contributed by atoms with van der Waals surface area (Å²) in [5.41, 5.74) is 0.573. The summed E-state index contributed by atoms with van der Waals surface area (Å²) in [6.45, 7) is 0. The monoisotopic (exact) mass is 163 g/mol. The number of nitroso groups, excluding NO2 is 1. The van der Waals surface area contributed by atoms with Crippen LogP contribution in [0.1, 0.15) is 0 Å². The molecule has 0 spiro atoms. The molecule has 0 fully saturated rings. The van der Waals surface area contributed by atoms with Crippen LogP contribution in [-0.2, 0) is 0 Å². The number of benzene rings is 1. The second-order valence-corrected chi connectivity index (χ2v) is 2.36. The van der Waals surface area contributed by atoms with Crippen molar-refractivity contribution in [3.8, 4) is 5.75 Å². The summed E-state index contributed by atoms with van der Waals surface area (Å²) in [7, 11) is 0. The first-order valence-electron chi connectivity index (χ1n) is 3.35. The van der Waals surface area contributed by atoms with Gasteiger partial charge in [0.05, 0.1) is 11.6 Å². The summed E-state index contributed by atoms with van der Waals surface area (Å²) >= 11 is 0. The van der Waals surface area contributed by atoms with Gasteiger partial charge in [-0.25, -0.2) is 0 Å². The third-order valence-corrected chi connectivity index (χ3v) is 1.68. The molecule has 2 aromatic rings. The highest BCUT2D eigenvalue weighted by Gasteiger charge is 2.07. The van der Waals surface area contributed by atoms with E-state index < -0.39 is 0 Å². The molecule has 0 bridgehead atoms. The summed E-state index contributed by atoms with van der Waals surface area (Å²) in [4.78, 5) is 10.2. The Hall–Kier alpha value is -1.84. The zero-order valence-corrected chi connectivity index (χ0v) is 6.02. The number of furan rings is 1. The molecule has 12 heavy (non-hydrogen) atoms. The van der Waals surface area contributed by atoms with Gasteiger partial charge in [0, 0.05) is 0 Å². The van der Waals surface area contributed by atoms with Crippen LogP contribution in [0, 0.1) is 4.91 Å². The van der Waals surface area contributed by atoms with Crippen molar-refractivity contribution < 1.29 is 9.52 Å². The van der Waals surface area contributed by atoms with Crippen LogP contribution in [-0.4, -0.2) is 5.11 Å². The minimum Gasteiger partial charge on any atom is -0.505 e. The predicted octanol–water partition coefficient (Wildman–Crippen LogP) is 2.54. The Morgan fingerprint density at radius 1 is 1.33 bits per heavy atom. The zero-order valence-electron chi connectivity index (χ0n) is 6.02. The van der Waals surface area contributed by atoms with Crippen molar-refractivity contribution >= 4 is 16.7 Å². The van der Waals surface area contributed by atoms with Crippen LogP contribution in [0.25, 0.3) is 11.0 Å². The van der Waals surface area contributed by atoms with E-state index in [1.165, 1.54) is 12.3 Å². The van der Waals surface area contributed by atoms with Crippen LogP contribution in [0.15, 0.2) is 34.1 Å². The van der Waals surface area contributed by atoms with E-state index in [-0.39, 0.29) is 11.4 Å². The van der Waals surface area contributed by atoms with E-state index in [0.717, 1.165) is 0 Å². The van der Waals surface area contributed by atoms with E-state index in [1.807, 2.05) is 0 Å². The van der Waals surface area contributed by atoms with Crippen molar-refractivity contribution in [1.29, 1.82) is 0 Å². The van der Waals surface area contributed by atoms with Crippen molar-refractivity contribution in [2.45, 2.75) is 0 Å². The summed E-state index contributed by atoms with van der Waals surface area (Å²) in [6, 6.07) is 4.58. The lowest BCUT2D eigenvalue weighted by atomic mass is 10.2. The van der Waals surface area contributed by atoms with Crippen molar-refractivity contribution in [2.24, 2.45) is 5.18 Å². The van der Waals surface area contributed by atoms with E-state index in [1.54, 1.807) is 12.1 Å². The van der Waals surface area contributed by atoms with Gasteiger partial charge in [-0.3, -0.25) is 0 Å². The van der Waals surface area contributed by atoms with E-state index in [2.05, 4.69) is 5.18 Å². The average Bonchev–Trinajstić information content (AvgIpc) is 2.53. The molecular formula is C8H5NO3. The highest BCUT2D eigenvalue weighted by atomic mass is 16.3. The van der Waals surface area contributed by atoms with Gasteiger partial charge in [-0.05, 0) is 23.4 Å². The number of hydrogen-bond donors (Lipinski definition) is 1. The van der Waals surface area contributed by atoms with Gasteiger partial charge in [0.2, 0.25) is 0 Å². The number of phenolic OH excluding ortho intramolecular Hbond substituents is 1. The van der Waals surface area contributed by atoms with Crippen LogP contribution < -0.4 is 0 Å². The Balaban J connectivity index is 2.86. The molecule has 60 valence electrons. The first-order valence-corrected chi connectivity index (χ1v) is 3.35. The van der Waals surface area contributed by atoms with Crippen molar-refractivity contribution in [2.75, 3.05) is 0 Å². The fourth-order valence-electron chi connectivity index (χ4n) is 1.09. The minimum atomic E-state index is -0.128. The van der Waals surface area contributed by atoms with E-state index in [9.17, 15) is 10.0 Å². The lowest BCUT2D eigenvalue weighted by molar-refractivity contribution is 0.482. The Kier molecular flexibility index (Phi) is 1.33. The molecule has 0 aliphatic heterocycles. The zero-order chi connectivity index (χ0) is 8.55. The smallest absolute Gasteiger partial charge is 0.155 e. The molecular weight excluding hydrogens is 158 g/mol. The van der Waals surface area contributed by atoms with Crippen LogP contribution in [0.3, 0.4) is 0 Å². The summed E-state index contributed by atoms with van der Waals surface area (Å²) in [6.07, 6.45) is 1.44.